The van der Waals surface area contributed by atoms with Crippen LogP contribution in [0.4, 0.5) is 29.1 Å². The van der Waals surface area contributed by atoms with E-state index in [0.717, 1.165) is 24.5 Å². The lowest BCUT2D eigenvalue weighted by atomic mass is 10.1. The molecule has 1 aromatic carbocycles. The molecule has 7 nitrogen and oxygen atoms in total. The van der Waals surface area contributed by atoms with Crippen LogP contribution in [0.3, 0.4) is 0 Å². The van der Waals surface area contributed by atoms with Crippen LogP contribution in [0.15, 0.2) is 30.8 Å². The van der Waals surface area contributed by atoms with Crippen LogP contribution in [-0.4, -0.2) is 32.1 Å². The van der Waals surface area contributed by atoms with Gasteiger partial charge < -0.3 is 10.6 Å². The fourth-order valence-corrected chi connectivity index (χ4v) is 3.32. The van der Waals surface area contributed by atoms with E-state index in [2.05, 4.69) is 28.1 Å². The summed E-state index contributed by atoms with van der Waals surface area (Å²) in [5, 5.41) is 5.13. The molecule has 0 aliphatic rings. The van der Waals surface area contributed by atoms with E-state index in [4.69, 9.17) is 6.42 Å². The molecule has 0 saturated heterocycles. The minimum Gasteiger partial charge on any atom is -0.370 e. The van der Waals surface area contributed by atoms with Gasteiger partial charge in [0.25, 0.3) is 5.91 Å². The molecule has 0 atom stereocenters. The SMILES string of the molecule is C#Cc1cc(CNC(=O)C(=C)c2ccc(C(F)(F)F)nc2NCC)cc(F)c1NS(C)(=O)=O. The predicted molar refractivity (Wildman–Crippen MR) is 117 cm³/mol. The molecule has 0 aliphatic heterocycles. The maximum atomic E-state index is 14.4. The Bertz CT molecular complexity index is 1240. The van der Waals surface area contributed by atoms with Crippen molar-refractivity contribution in [1.82, 2.24) is 10.3 Å². The summed E-state index contributed by atoms with van der Waals surface area (Å²) in [5.41, 5.74) is -1.49. The van der Waals surface area contributed by atoms with Crippen molar-refractivity contribution in [1.29, 1.82) is 0 Å². The highest BCUT2D eigenvalue weighted by molar-refractivity contribution is 7.92. The van der Waals surface area contributed by atoms with E-state index in [1.807, 2.05) is 4.72 Å². The first kappa shape index (κ1) is 25.7. The van der Waals surface area contributed by atoms with E-state index < -0.39 is 39.3 Å². The standard InChI is InChI=1S/C21H20F4N4O3S/c1-5-14-9-13(10-16(22)18(14)29-33(4,31)32)11-27-20(30)12(3)15-7-8-17(21(23,24)25)28-19(15)26-6-2/h1,7-10,29H,3,6,11H2,2,4H3,(H,26,28)(H,27,30). The third kappa shape index (κ3) is 6.69. The number of hydrogen-bond acceptors (Lipinski definition) is 5. The van der Waals surface area contributed by atoms with Gasteiger partial charge in [0, 0.05) is 24.2 Å². The number of sulfonamides is 1. The molecule has 176 valence electrons. The van der Waals surface area contributed by atoms with Crippen molar-refractivity contribution in [2.75, 3.05) is 22.8 Å². The van der Waals surface area contributed by atoms with Crippen LogP contribution in [0.2, 0.25) is 0 Å². The second kappa shape index (κ2) is 9.91. The Labute approximate surface area is 188 Å². The fraction of sp³-hybridized carbons (Fsp3) is 0.238. The number of carbonyl (C=O) groups excluding carboxylic acids is 1. The first-order valence-corrected chi connectivity index (χ1v) is 11.2. The highest BCUT2D eigenvalue weighted by Gasteiger charge is 2.33. The van der Waals surface area contributed by atoms with Crippen LogP contribution in [0.5, 0.6) is 0 Å². The molecule has 0 unspecified atom stereocenters. The summed E-state index contributed by atoms with van der Waals surface area (Å²) in [6, 6.07) is 4.11. The van der Waals surface area contributed by atoms with Crippen molar-refractivity contribution in [3.63, 3.8) is 0 Å². The number of halogens is 4. The van der Waals surface area contributed by atoms with Crippen LogP contribution in [0, 0.1) is 18.2 Å². The third-order valence-corrected chi connectivity index (χ3v) is 4.75. The Kier molecular flexibility index (Phi) is 7.71. The monoisotopic (exact) mass is 484 g/mol. The third-order valence-electron chi connectivity index (χ3n) is 4.18. The maximum Gasteiger partial charge on any atom is 0.433 e. The summed E-state index contributed by atoms with van der Waals surface area (Å²) < 4.78 is 78.0. The molecule has 0 bridgehead atoms. The van der Waals surface area contributed by atoms with E-state index in [1.54, 1.807) is 6.92 Å². The van der Waals surface area contributed by atoms with E-state index in [9.17, 15) is 30.8 Å². The number of rotatable bonds is 8. The minimum absolute atomic E-state index is 0.0607. The maximum absolute atomic E-state index is 14.4. The summed E-state index contributed by atoms with van der Waals surface area (Å²) in [6.45, 7) is 5.30. The van der Waals surface area contributed by atoms with Crippen molar-refractivity contribution < 1.29 is 30.8 Å². The molecule has 1 heterocycles. The molecule has 0 saturated carbocycles. The molecule has 0 spiro atoms. The second-order valence-corrected chi connectivity index (χ2v) is 8.55. The van der Waals surface area contributed by atoms with Crippen LogP contribution >= 0.6 is 0 Å². The van der Waals surface area contributed by atoms with Gasteiger partial charge in [-0.25, -0.2) is 17.8 Å². The van der Waals surface area contributed by atoms with Crippen molar-refractivity contribution in [2.45, 2.75) is 19.6 Å². The number of pyridine rings is 1. The summed E-state index contributed by atoms with van der Waals surface area (Å²) in [4.78, 5) is 16.1. The van der Waals surface area contributed by atoms with Crippen LogP contribution in [0.25, 0.3) is 5.57 Å². The van der Waals surface area contributed by atoms with Gasteiger partial charge in [-0.2, -0.15) is 13.2 Å². The summed E-state index contributed by atoms with van der Waals surface area (Å²) in [6.07, 6.45) is 1.50. The molecule has 0 fully saturated rings. The molecule has 1 amide bonds. The van der Waals surface area contributed by atoms with Crippen molar-refractivity contribution in [3.8, 4) is 12.3 Å². The summed E-state index contributed by atoms with van der Waals surface area (Å²) in [7, 11) is -3.78. The highest BCUT2D eigenvalue weighted by Crippen LogP contribution is 2.31. The van der Waals surface area contributed by atoms with Gasteiger partial charge in [-0.15, -0.1) is 6.42 Å². The van der Waals surface area contributed by atoms with Gasteiger partial charge in [-0.3, -0.25) is 9.52 Å². The lowest BCUT2D eigenvalue weighted by molar-refractivity contribution is -0.141. The number of aromatic nitrogens is 1. The van der Waals surface area contributed by atoms with E-state index in [0.29, 0.717) is 0 Å². The second-order valence-electron chi connectivity index (χ2n) is 6.80. The number of hydrogen-bond donors (Lipinski definition) is 3. The average Bonchev–Trinajstić information content (AvgIpc) is 2.71. The lowest BCUT2D eigenvalue weighted by Crippen LogP contribution is -2.24. The zero-order chi connectivity index (χ0) is 25.0. The van der Waals surface area contributed by atoms with E-state index in [1.165, 1.54) is 6.07 Å². The molecular weight excluding hydrogens is 464 g/mol. The summed E-state index contributed by atoms with van der Waals surface area (Å²) in [5.74, 6) is 0.323. The molecule has 0 aliphatic carbocycles. The first-order valence-electron chi connectivity index (χ1n) is 9.33. The Hall–Kier alpha value is -3.59. The highest BCUT2D eigenvalue weighted by atomic mass is 32.2. The van der Waals surface area contributed by atoms with Gasteiger partial charge in [0.15, 0.2) is 0 Å². The first-order chi connectivity index (χ1) is 15.3. The van der Waals surface area contributed by atoms with Crippen molar-refractivity contribution in [3.05, 3.63) is 59.0 Å². The Morgan fingerprint density at radius 1 is 1.27 bits per heavy atom. The van der Waals surface area contributed by atoms with E-state index >= 15 is 0 Å². The molecule has 12 heteroatoms. The quantitative estimate of drug-likeness (QED) is 0.303. The molecule has 33 heavy (non-hydrogen) atoms. The van der Waals surface area contributed by atoms with Crippen LogP contribution in [0.1, 0.15) is 29.3 Å². The summed E-state index contributed by atoms with van der Waals surface area (Å²) >= 11 is 0. The van der Waals surface area contributed by atoms with Gasteiger partial charge in [0.1, 0.15) is 17.3 Å². The zero-order valence-corrected chi connectivity index (χ0v) is 18.4. The number of amides is 1. The number of terminal acetylenes is 1. The van der Waals surface area contributed by atoms with Gasteiger partial charge in [-0.1, -0.05) is 12.5 Å². The number of carbonyl (C=O) groups is 1. The number of anilines is 2. The normalized spacial score (nSPS) is 11.4. The number of alkyl halides is 3. The van der Waals surface area contributed by atoms with Crippen LogP contribution < -0.4 is 15.4 Å². The predicted octanol–water partition coefficient (Wildman–Crippen LogP) is 3.35. The number of benzene rings is 1. The van der Waals surface area contributed by atoms with Crippen molar-refractivity contribution in [2.24, 2.45) is 0 Å². The Balaban J connectivity index is 2.24. The molecule has 1 aromatic heterocycles. The van der Waals surface area contributed by atoms with Gasteiger partial charge in [0.05, 0.1) is 17.5 Å². The molecule has 2 rings (SSSR count). The molecule has 2 aromatic rings. The minimum atomic E-state index is -4.66. The Morgan fingerprint density at radius 3 is 2.48 bits per heavy atom. The number of nitrogens with zero attached hydrogens (tertiary/aromatic N) is 1. The van der Waals surface area contributed by atoms with E-state index in [-0.39, 0.29) is 41.2 Å². The molecule has 3 N–H and O–H groups in total. The molecule has 0 radical (unpaired) electrons. The van der Waals surface area contributed by atoms with Crippen LogP contribution in [-0.2, 0) is 27.5 Å². The fourth-order valence-electron chi connectivity index (χ4n) is 2.74. The lowest BCUT2D eigenvalue weighted by Gasteiger charge is -2.15. The van der Waals surface area contributed by atoms with Crippen molar-refractivity contribution >= 4 is 33.0 Å². The van der Waals surface area contributed by atoms with Gasteiger partial charge >= 0.3 is 6.18 Å². The smallest absolute Gasteiger partial charge is 0.370 e. The molecular formula is C21H20F4N4O3S. The Morgan fingerprint density at radius 2 is 1.94 bits per heavy atom. The largest absolute Gasteiger partial charge is 0.433 e. The topological polar surface area (TPSA) is 100 Å². The zero-order valence-electron chi connectivity index (χ0n) is 17.6. The van der Waals surface area contributed by atoms with Gasteiger partial charge in [0.2, 0.25) is 10.0 Å². The average molecular weight is 484 g/mol. The van der Waals surface area contributed by atoms with Gasteiger partial charge in [-0.05, 0) is 36.8 Å². The number of nitrogens with one attached hydrogen (secondary N) is 3.